The molecule has 2 aliphatic rings. The fourth-order valence-corrected chi connectivity index (χ4v) is 4.36. The van der Waals surface area contributed by atoms with Crippen LogP contribution in [0, 0.1) is 0 Å². The molecule has 6 nitrogen and oxygen atoms in total. The van der Waals surface area contributed by atoms with Crippen molar-refractivity contribution >= 4 is 10.0 Å². The molecular weight excluding hydrogens is 278 g/mol. The van der Waals surface area contributed by atoms with Crippen LogP contribution in [0.3, 0.4) is 0 Å². The second-order valence-corrected chi connectivity index (χ2v) is 7.26. The van der Waals surface area contributed by atoms with E-state index in [0.717, 1.165) is 19.3 Å². The molecule has 1 aromatic rings. The minimum Gasteiger partial charge on any atom is -0.481 e. The molecule has 2 atom stereocenters. The van der Waals surface area contributed by atoms with Crippen LogP contribution in [-0.2, 0) is 10.0 Å². The van der Waals surface area contributed by atoms with Gasteiger partial charge in [-0.25, -0.2) is 13.4 Å². The molecule has 2 saturated heterocycles. The molecule has 0 aliphatic carbocycles. The molecule has 0 spiro atoms. The number of ether oxygens (including phenoxy) is 1. The van der Waals surface area contributed by atoms with Crippen molar-refractivity contribution in [3.05, 3.63) is 18.3 Å². The minimum absolute atomic E-state index is 0.232. The van der Waals surface area contributed by atoms with Crippen molar-refractivity contribution in [3.8, 4) is 5.88 Å². The molecule has 0 radical (unpaired) electrons. The van der Waals surface area contributed by atoms with Crippen LogP contribution in [0.2, 0.25) is 0 Å². The number of hydrogen-bond acceptors (Lipinski definition) is 5. The van der Waals surface area contributed by atoms with Crippen molar-refractivity contribution < 1.29 is 13.2 Å². The SMILES string of the molecule is COc1ccc(S(=O)(=O)N2CCC3CCC(C2)N3)cn1. The first-order valence-corrected chi connectivity index (χ1v) is 8.30. The molecule has 0 aromatic carbocycles. The fourth-order valence-electron chi connectivity index (χ4n) is 2.92. The van der Waals surface area contributed by atoms with Crippen molar-refractivity contribution in [1.29, 1.82) is 0 Å². The number of rotatable bonds is 3. The lowest BCUT2D eigenvalue weighted by molar-refractivity contribution is 0.382. The normalized spacial score (nSPS) is 27.2. The first kappa shape index (κ1) is 13.8. The number of nitrogens with one attached hydrogen (secondary N) is 1. The Morgan fingerprint density at radius 1 is 1.30 bits per heavy atom. The second-order valence-electron chi connectivity index (χ2n) is 5.33. The number of fused-ring (bicyclic) bond motifs is 2. The lowest BCUT2D eigenvalue weighted by Crippen LogP contribution is -2.39. The summed E-state index contributed by atoms with van der Waals surface area (Å²) in [6.07, 6.45) is 4.45. The van der Waals surface area contributed by atoms with Crippen molar-refractivity contribution in [2.45, 2.75) is 36.2 Å². The average molecular weight is 297 g/mol. The van der Waals surface area contributed by atoms with Gasteiger partial charge in [0.25, 0.3) is 0 Å². The first-order valence-electron chi connectivity index (χ1n) is 6.86. The van der Waals surface area contributed by atoms with Crippen molar-refractivity contribution in [3.63, 3.8) is 0 Å². The highest BCUT2D eigenvalue weighted by Gasteiger charge is 2.34. The Morgan fingerprint density at radius 3 is 2.80 bits per heavy atom. The summed E-state index contributed by atoms with van der Waals surface area (Å²) in [6.45, 7) is 1.12. The molecule has 0 saturated carbocycles. The van der Waals surface area contributed by atoms with E-state index in [0.29, 0.717) is 25.0 Å². The summed E-state index contributed by atoms with van der Waals surface area (Å²) in [7, 11) is -1.95. The predicted octanol–water partition coefficient (Wildman–Crippen LogP) is 0.605. The van der Waals surface area contributed by atoms with Crippen molar-refractivity contribution in [1.82, 2.24) is 14.6 Å². The number of sulfonamides is 1. The summed E-state index contributed by atoms with van der Waals surface area (Å²) >= 11 is 0. The average Bonchev–Trinajstić information content (AvgIpc) is 2.77. The standard InChI is InChI=1S/C13H19N3O3S/c1-19-13-5-4-12(8-14-13)20(17,18)16-7-6-10-2-3-11(9-16)15-10/h4-5,8,10-11,15H,2-3,6-7,9H2,1H3. The van der Waals surface area contributed by atoms with Crippen LogP contribution < -0.4 is 10.1 Å². The molecule has 0 amide bonds. The number of hydrogen-bond donors (Lipinski definition) is 1. The summed E-state index contributed by atoms with van der Waals surface area (Å²) < 4.78 is 31.8. The van der Waals surface area contributed by atoms with Crippen LogP contribution in [0.4, 0.5) is 0 Å². The summed E-state index contributed by atoms with van der Waals surface area (Å²) in [4.78, 5) is 4.22. The van der Waals surface area contributed by atoms with E-state index >= 15 is 0 Å². The Kier molecular flexibility index (Phi) is 3.66. The third-order valence-corrected chi connectivity index (χ3v) is 5.89. The molecule has 20 heavy (non-hydrogen) atoms. The molecule has 3 rings (SSSR count). The van der Waals surface area contributed by atoms with Gasteiger partial charge in [-0.3, -0.25) is 0 Å². The van der Waals surface area contributed by atoms with Crippen molar-refractivity contribution in [2.75, 3.05) is 20.2 Å². The second kappa shape index (κ2) is 5.31. The predicted molar refractivity (Wildman–Crippen MR) is 74.1 cm³/mol. The molecule has 2 aliphatic heterocycles. The van der Waals surface area contributed by atoms with E-state index in [-0.39, 0.29) is 10.9 Å². The number of nitrogens with zero attached hydrogens (tertiary/aromatic N) is 2. The van der Waals surface area contributed by atoms with Crippen LogP contribution >= 0.6 is 0 Å². The quantitative estimate of drug-likeness (QED) is 0.885. The topological polar surface area (TPSA) is 71.5 Å². The van der Waals surface area contributed by atoms with E-state index in [2.05, 4.69) is 10.3 Å². The van der Waals surface area contributed by atoms with Gasteiger partial charge in [-0.05, 0) is 25.3 Å². The highest BCUT2D eigenvalue weighted by Crippen LogP contribution is 2.25. The third kappa shape index (κ3) is 2.53. The maximum absolute atomic E-state index is 12.6. The number of methoxy groups -OCH3 is 1. The third-order valence-electron chi connectivity index (χ3n) is 4.04. The molecule has 2 bridgehead atoms. The van der Waals surface area contributed by atoms with Crippen molar-refractivity contribution in [2.24, 2.45) is 0 Å². The van der Waals surface area contributed by atoms with Gasteiger partial charge in [0, 0.05) is 31.2 Å². The monoisotopic (exact) mass is 297 g/mol. The zero-order chi connectivity index (χ0) is 14.2. The Balaban J connectivity index is 1.83. The van der Waals surface area contributed by atoms with Crippen LogP contribution in [0.5, 0.6) is 5.88 Å². The van der Waals surface area contributed by atoms with Crippen LogP contribution in [0.25, 0.3) is 0 Å². The van der Waals surface area contributed by atoms with Gasteiger partial charge in [-0.1, -0.05) is 0 Å². The van der Waals surface area contributed by atoms with Gasteiger partial charge in [0.1, 0.15) is 4.90 Å². The molecule has 1 N–H and O–H groups in total. The van der Waals surface area contributed by atoms with Gasteiger partial charge in [-0.2, -0.15) is 4.31 Å². The highest BCUT2D eigenvalue weighted by molar-refractivity contribution is 7.89. The summed E-state index contributed by atoms with van der Waals surface area (Å²) in [5, 5.41) is 3.48. The molecule has 110 valence electrons. The van der Waals surface area contributed by atoms with E-state index in [1.165, 1.54) is 13.3 Å². The molecular formula is C13H19N3O3S. The van der Waals surface area contributed by atoms with Gasteiger partial charge in [-0.15, -0.1) is 0 Å². The minimum atomic E-state index is -3.46. The number of aromatic nitrogens is 1. The first-order chi connectivity index (χ1) is 9.59. The smallest absolute Gasteiger partial charge is 0.244 e. The summed E-state index contributed by atoms with van der Waals surface area (Å²) in [5.41, 5.74) is 0. The van der Waals surface area contributed by atoms with E-state index in [1.807, 2.05) is 0 Å². The summed E-state index contributed by atoms with van der Waals surface area (Å²) in [6, 6.07) is 3.88. The van der Waals surface area contributed by atoms with E-state index in [9.17, 15) is 8.42 Å². The van der Waals surface area contributed by atoms with E-state index in [4.69, 9.17) is 4.74 Å². The van der Waals surface area contributed by atoms with E-state index in [1.54, 1.807) is 16.4 Å². The maximum atomic E-state index is 12.6. The van der Waals surface area contributed by atoms with Gasteiger partial charge >= 0.3 is 0 Å². The van der Waals surface area contributed by atoms with Crippen LogP contribution in [0.1, 0.15) is 19.3 Å². The highest BCUT2D eigenvalue weighted by atomic mass is 32.2. The Labute approximate surface area is 119 Å². The Morgan fingerprint density at radius 2 is 2.10 bits per heavy atom. The summed E-state index contributed by atoms with van der Waals surface area (Å²) in [5.74, 6) is 0.417. The van der Waals surface area contributed by atoms with Gasteiger partial charge in [0.05, 0.1) is 13.3 Å². The largest absolute Gasteiger partial charge is 0.481 e. The molecule has 2 unspecified atom stereocenters. The van der Waals surface area contributed by atoms with Crippen LogP contribution in [0.15, 0.2) is 23.2 Å². The molecule has 1 aromatic heterocycles. The molecule has 7 heteroatoms. The van der Waals surface area contributed by atoms with Gasteiger partial charge in [0.15, 0.2) is 0 Å². The van der Waals surface area contributed by atoms with Gasteiger partial charge in [0.2, 0.25) is 15.9 Å². The lowest BCUT2D eigenvalue weighted by Gasteiger charge is -2.23. The molecule has 2 fully saturated rings. The molecule has 3 heterocycles. The number of pyridine rings is 1. The maximum Gasteiger partial charge on any atom is 0.244 e. The van der Waals surface area contributed by atoms with Crippen LogP contribution in [-0.4, -0.2) is 50.0 Å². The van der Waals surface area contributed by atoms with Gasteiger partial charge < -0.3 is 10.1 Å². The Hall–Kier alpha value is -1.18. The Bertz CT molecular complexity index is 573. The lowest BCUT2D eigenvalue weighted by atomic mass is 10.1. The fraction of sp³-hybridized carbons (Fsp3) is 0.615. The zero-order valence-electron chi connectivity index (χ0n) is 11.4. The van der Waals surface area contributed by atoms with E-state index < -0.39 is 10.0 Å². The zero-order valence-corrected chi connectivity index (χ0v) is 12.3.